The summed E-state index contributed by atoms with van der Waals surface area (Å²) in [5.74, 6) is 1.16. The van der Waals surface area contributed by atoms with Gasteiger partial charge in [-0.15, -0.1) is 0 Å². The Morgan fingerprint density at radius 2 is 1.09 bits per heavy atom. The third kappa shape index (κ3) is 2.96. The summed E-state index contributed by atoms with van der Waals surface area (Å²) in [6.07, 6.45) is 0.850. The van der Waals surface area contributed by atoms with Crippen molar-refractivity contribution >= 4 is 17.1 Å². The molecule has 3 heteroatoms. The van der Waals surface area contributed by atoms with Gasteiger partial charge >= 0.3 is 0 Å². The summed E-state index contributed by atoms with van der Waals surface area (Å²) in [6.45, 7) is 0. The number of nitrogen functional groups attached to an aromatic ring is 1. The van der Waals surface area contributed by atoms with E-state index < -0.39 is 0 Å². The quantitative estimate of drug-likeness (QED) is 0.210. The molecule has 0 spiro atoms. The minimum Gasteiger partial charge on any atom is -0.497 e. The zero-order valence-corrected chi connectivity index (χ0v) is 24.4. The molecule has 5 aliphatic rings. The van der Waals surface area contributed by atoms with E-state index in [1.807, 2.05) is 12.1 Å². The number of nitrogens with two attached hydrogens (primary N) is 1. The summed E-state index contributed by atoms with van der Waals surface area (Å²) in [6, 6.07) is 42.1. The highest BCUT2D eigenvalue weighted by atomic mass is 16.5. The van der Waals surface area contributed by atoms with Crippen LogP contribution in [-0.2, 0) is 6.42 Å². The van der Waals surface area contributed by atoms with Crippen molar-refractivity contribution in [3.63, 3.8) is 0 Å². The molecule has 1 unspecified atom stereocenters. The Kier molecular flexibility index (Phi) is 4.75. The van der Waals surface area contributed by atoms with Gasteiger partial charge < -0.3 is 15.8 Å². The third-order valence-corrected chi connectivity index (χ3v) is 10.7. The van der Waals surface area contributed by atoms with E-state index in [0.29, 0.717) is 0 Å². The second-order valence-corrected chi connectivity index (χ2v) is 12.6. The van der Waals surface area contributed by atoms with Crippen molar-refractivity contribution < 1.29 is 4.74 Å². The van der Waals surface area contributed by atoms with Gasteiger partial charge in [0.2, 0.25) is 0 Å². The molecule has 0 saturated heterocycles. The second kappa shape index (κ2) is 8.64. The van der Waals surface area contributed by atoms with Gasteiger partial charge in [-0.2, -0.15) is 0 Å². The number of benzene rings is 6. The van der Waals surface area contributed by atoms with Crippen LogP contribution >= 0.6 is 0 Å². The molecule has 1 atom stereocenters. The maximum atomic E-state index is 7.58. The Bertz CT molecular complexity index is 2140. The number of hydrogen-bond donors (Lipinski definition) is 2. The zero-order valence-electron chi connectivity index (χ0n) is 24.4. The summed E-state index contributed by atoms with van der Waals surface area (Å²) < 4.78 is 5.50. The van der Waals surface area contributed by atoms with E-state index in [-0.39, 0.29) is 17.8 Å². The van der Waals surface area contributed by atoms with Gasteiger partial charge in [0, 0.05) is 41.2 Å². The van der Waals surface area contributed by atoms with Crippen LogP contribution in [0.1, 0.15) is 79.0 Å². The molecule has 0 aliphatic heterocycles. The number of nitrogens with one attached hydrogen (secondary N) is 1. The highest BCUT2D eigenvalue weighted by molar-refractivity contribution is 5.91. The summed E-state index contributed by atoms with van der Waals surface area (Å²) in [5, 5.41) is 3.99. The molecule has 0 aromatic heterocycles. The summed E-state index contributed by atoms with van der Waals surface area (Å²) >= 11 is 0. The lowest BCUT2D eigenvalue weighted by molar-refractivity contribution is 0.415. The molecule has 0 radical (unpaired) electrons. The number of ether oxygens (including phenoxy) is 1. The Morgan fingerprint density at radius 1 is 0.545 bits per heavy atom. The largest absolute Gasteiger partial charge is 0.497 e. The first-order chi connectivity index (χ1) is 21.7. The lowest BCUT2D eigenvalue weighted by atomic mass is 9.57. The molecule has 3 nitrogen and oxygen atoms in total. The maximum absolute atomic E-state index is 7.58. The van der Waals surface area contributed by atoms with E-state index in [0.717, 1.165) is 23.5 Å². The van der Waals surface area contributed by atoms with Crippen molar-refractivity contribution in [2.75, 3.05) is 18.2 Å². The number of hydrogen-bond acceptors (Lipinski definition) is 3. The summed E-state index contributed by atoms with van der Waals surface area (Å²) in [4.78, 5) is 0. The minimum absolute atomic E-state index is 0.0932. The van der Waals surface area contributed by atoms with E-state index >= 15 is 0 Å². The van der Waals surface area contributed by atoms with Gasteiger partial charge in [-0.05, 0) is 96.6 Å². The number of anilines is 3. The van der Waals surface area contributed by atoms with Gasteiger partial charge in [0.1, 0.15) is 5.75 Å². The molecule has 0 saturated carbocycles. The Balaban J connectivity index is 1.32. The molecule has 210 valence electrons. The molecule has 5 aliphatic carbocycles. The first-order valence-electron chi connectivity index (χ1n) is 15.5. The molecular weight excluding hydrogens is 536 g/mol. The maximum Gasteiger partial charge on any atom is 0.119 e. The predicted octanol–water partition coefficient (Wildman–Crippen LogP) is 9.07. The third-order valence-electron chi connectivity index (χ3n) is 10.7. The predicted molar refractivity (Wildman–Crippen MR) is 178 cm³/mol. The smallest absolute Gasteiger partial charge is 0.119 e. The molecule has 11 rings (SSSR count). The second-order valence-electron chi connectivity index (χ2n) is 12.6. The Labute approximate surface area is 257 Å². The summed E-state index contributed by atoms with van der Waals surface area (Å²) in [7, 11) is 1.71. The average Bonchev–Trinajstić information content (AvgIpc) is 3.08. The molecule has 6 aromatic carbocycles. The lowest BCUT2D eigenvalue weighted by Crippen LogP contribution is -2.32. The Hall–Kier alpha value is -5.28. The van der Waals surface area contributed by atoms with E-state index in [4.69, 9.17) is 10.5 Å². The number of fused-ring (bicyclic) bond motifs is 5. The van der Waals surface area contributed by atoms with Crippen LogP contribution in [0.2, 0.25) is 0 Å². The lowest BCUT2D eigenvalue weighted by Gasteiger charge is -2.47. The zero-order chi connectivity index (χ0) is 29.1. The number of rotatable bonds is 3. The van der Waals surface area contributed by atoms with Crippen molar-refractivity contribution in [2.24, 2.45) is 0 Å². The number of methoxy groups -OCH3 is 1. The highest BCUT2D eigenvalue weighted by Gasteiger charge is 2.47. The highest BCUT2D eigenvalue weighted by Crippen LogP contribution is 2.63. The van der Waals surface area contributed by atoms with Gasteiger partial charge in [-0.25, -0.2) is 0 Å². The van der Waals surface area contributed by atoms with Crippen LogP contribution in [-0.4, -0.2) is 7.11 Å². The van der Waals surface area contributed by atoms with Gasteiger partial charge in [-0.3, -0.25) is 0 Å². The van der Waals surface area contributed by atoms with E-state index in [1.165, 1.54) is 78.0 Å². The average molecular weight is 567 g/mol. The molecule has 6 bridgehead atoms. The van der Waals surface area contributed by atoms with Crippen LogP contribution in [0.3, 0.4) is 0 Å². The summed E-state index contributed by atoms with van der Waals surface area (Å²) in [5.41, 5.74) is 28.5. The molecule has 0 amide bonds. The van der Waals surface area contributed by atoms with Gasteiger partial charge in [0.25, 0.3) is 0 Å². The van der Waals surface area contributed by atoms with Crippen LogP contribution < -0.4 is 15.8 Å². The van der Waals surface area contributed by atoms with Gasteiger partial charge in [0.15, 0.2) is 0 Å². The van der Waals surface area contributed by atoms with Crippen molar-refractivity contribution in [2.45, 2.75) is 24.2 Å². The molecule has 44 heavy (non-hydrogen) atoms. The van der Waals surface area contributed by atoms with Gasteiger partial charge in [-0.1, -0.05) is 91.0 Å². The minimum atomic E-state index is 0.0932. The van der Waals surface area contributed by atoms with Crippen molar-refractivity contribution in [1.82, 2.24) is 0 Å². The van der Waals surface area contributed by atoms with Crippen LogP contribution in [0.4, 0.5) is 17.1 Å². The van der Waals surface area contributed by atoms with Gasteiger partial charge in [0.05, 0.1) is 7.11 Å². The fourth-order valence-electron chi connectivity index (χ4n) is 8.97. The van der Waals surface area contributed by atoms with Crippen LogP contribution in [0.15, 0.2) is 115 Å². The normalized spacial score (nSPS) is 18.8. The first-order valence-corrected chi connectivity index (χ1v) is 15.5. The van der Waals surface area contributed by atoms with Crippen LogP contribution in [0.25, 0.3) is 11.1 Å². The molecular formula is C41H30N2O. The van der Waals surface area contributed by atoms with Crippen LogP contribution in [0, 0.1) is 0 Å². The molecule has 3 N–H and O–H groups in total. The van der Waals surface area contributed by atoms with E-state index in [1.54, 1.807) is 7.11 Å². The first kappa shape index (κ1) is 24.2. The van der Waals surface area contributed by atoms with Crippen molar-refractivity contribution in [1.29, 1.82) is 0 Å². The topological polar surface area (TPSA) is 47.3 Å². The van der Waals surface area contributed by atoms with E-state index in [9.17, 15) is 0 Å². The molecule has 0 heterocycles. The monoisotopic (exact) mass is 566 g/mol. The van der Waals surface area contributed by atoms with Crippen molar-refractivity contribution in [3.8, 4) is 16.9 Å². The van der Waals surface area contributed by atoms with Crippen molar-refractivity contribution in [3.05, 3.63) is 176 Å². The SMILES string of the molecule is COc1ccc(Nc2c3c(c(N)c4c2C2c5ccccc5C4c4ccccc42)C2c4ccccc4-c4cccc2c4C3)cc1. The molecule has 0 fully saturated rings. The van der Waals surface area contributed by atoms with E-state index in [2.05, 4.69) is 108 Å². The standard InChI is InChI=1S/C41H30N2O/c1-44-23-19-17-22(18-20-23)43-41-33-21-32-25-15-8-16-31(32)34(26-10-3-2-9-24(25)26)37(33)40(42)38-35-27-11-4-6-13-29(27)36(39(38)41)30-14-7-5-12-28(30)35/h2-20,34-36,43H,21,42H2,1H3. The fraction of sp³-hybridized carbons (Fsp3) is 0.122. The molecule has 6 aromatic rings. The Morgan fingerprint density at radius 3 is 1.75 bits per heavy atom. The van der Waals surface area contributed by atoms with Crippen LogP contribution in [0.5, 0.6) is 5.75 Å². The fourth-order valence-corrected chi connectivity index (χ4v) is 8.97.